The van der Waals surface area contributed by atoms with E-state index in [0.29, 0.717) is 35.3 Å². The molecule has 1 saturated heterocycles. The fraction of sp³-hybridized carbons (Fsp3) is 0.381. The Morgan fingerprint density at radius 1 is 1.30 bits per heavy atom. The lowest BCUT2D eigenvalue weighted by molar-refractivity contribution is -0.130. The number of methoxy groups -OCH3 is 1. The summed E-state index contributed by atoms with van der Waals surface area (Å²) < 4.78 is 5.36. The number of carbonyl (C=O) groups excluding carboxylic acids is 1. The summed E-state index contributed by atoms with van der Waals surface area (Å²) in [5.74, 6) is 1.01. The number of carbonyl (C=O) groups is 1. The average Bonchev–Trinajstić information content (AvgIpc) is 2.93. The van der Waals surface area contributed by atoms with Gasteiger partial charge in [-0.3, -0.25) is 10.2 Å². The summed E-state index contributed by atoms with van der Waals surface area (Å²) in [6.45, 7) is 4.65. The normalized spacial score (nSPS) is 16.8. The number of amidine groups is 1. The number of aromatic nitrogens is 1. The number of aryl methyl sites for hydroxylation is 1. The molecule has 1 aromatic rings. The van der Waals surface area contributed by atoms with Gasteiger partial charge in [-0.2, -0.15) is 0 Å². The largest absolute Gasteiger partial charge is 0.495 e. The van der Waals surface area contributed by atoms with E-state index in [2.05, 4.69) is 21.3 Å². The number of nitrogen functional groups attached to an aromatic ring is 1. The topological polar surface area (TPSA) is 108 Å². The van der Waals surface area contributed by atoms with Crippen LogP contribution in [0.25, 0.3) is 0 Å². The first-order valence-corrected chi connectivity index (χ1v) is 10.2. The standard InChI is InChI=1S/C21H27ClN6O2/c1-14-6-7-16(20(23)24)21(26-14)25-13-19(29)28-10-8-27(9-11-28)15-4-3-5-17(22)18(12-15)30-2/h4-7,12H,3,8-11,13H2,1-2H3,(H3,23,24)(H,25,26). The Labute approximate surface area is 181 Å². The van der Waals surface area contributed by atoms with E-state index in [1.54, 1.807) is 19.2 Å². The number of anilines is 1. The van der Waals surface area contributed by atoms with Crippen LogP contribution in [-0.4, -0.2) is 66.4 Å². The maximum Gasteiger partial charge on any atom is 0.242 e. The fourth-order valence-corrected chi connectivity index (χ4v) is 3.64. The number of piperazine rings is 1. The second-order valence-corrected chi connectivity index (χ2v) is 7.52. The predicted octanol–water partition coefficient (Wildman–Crippen LogP) is 2.17. The molecule has 30 heavy (non-hydrogen) atoms. The van der Waals surface area contributed by atoms with E-state index in [1.807, 2.05) is 24.0 Å². The third-order valence-electron chi connectivity index (χ3n) is 5.09. The van der Waals surface area contributed by atoms with Crippen LogP contribution in [-0.2, 0) is 9.53 Å². The maximum atomic E-state index is 12.7. The molecule has 0 aromatic carbocycles. The Morgan fingerprint density at radius 2 is 2.03 bits per heavy atom. The molecule has 0 unspecified atom stereocenters. The van der Waals surface area contributed by atoms with Crippen molar-refractivity contribution in [2.24, 2.45) is 5.73 Å². The van der Waals surface area contributed by atoms with Crippen molar-refractivity contribution in [1.82, 2.24) is 14.8 Å². The molecular weight excluding hydrogens is 404 g/mol. The zero-order valence-corrected chi connectivity index (χ0v) is 18.0. The summed E-state index contributed by atoms with van der Waals surface area (Å²) in [4.78, 5) is 21.1. The van der Waals surface area contributed by atoms with Crippen LogP contribution in [0.3, 0.4) is 0 Å². The van der Waals surface area contributed by atoms with Crippen molar-refractivity contribution in [3.8, 4) is 0 Å². The Bertz CT molecular complexity index is 916. The van der Waals surface area contributed by atoms with Crippen molar-refractivity contribution in [3.05, 3.63) is 58.1 Å². The quantitative estimate of drug-likeness (QED) is 0.471. The third kappa shape index (κ3) is 5.13. The first-order valence-electron chi connectivity index (χ1n) is 9.79. The molecule has 9 heteroatoms. The van der Waals surface area contributed by atoms with Gasteiger partial charge in [0.05, 0.1) is 24.3 Å². The van der Waals surface area contributed by atoms with E-state index >= 15 is 0 Å². The van der Waals surface area contributed by atoms with Crippen molar-refractivity contribution in [1.29, 1.82) is 5.41 Å². The number of hydrogen-bond acceptors (Lipinski definition) is 6. The number of nitrogens with two attached hydrogens (primary N) is 1. The zero-order chi connectivity index (χ0) is 21.7. The number of halogens is 1. The number of allylic oxidation sites excluding steroid dienone is 4. The molecule has 0 spiro atoms. The van der Waals surface area contributed by atoms with Gasteiger partial charge in [0.2, 0.25) is 5.91 Å². The second kappa shape index (κ2) is 9.67. The molecule has 1 aliphatic carbocycles. The highest BCUT2D eigenvalue weighted by atomic mass is 35.5. The van der Waals surface area contributed by atoms with E-state index in [9.17, 15) is 4.79 Å². The minimum absolute atomic E-state index is 0.0138. The molecule has 0 radical (unpaired) electrons. The Balaban J connectivity index is 1.56. The van der Waals surface area contributed by atoms with Crippen molar-refractivity contribution in [3.63, 3.8) is 0 Å². The molecule has 8 nitrogen and oxygen atoms in total. The van der Waals surface area contributed by atoms with Crippen molar-refractivity contribution < 1.29 is 9.53 Å². The SMILES string of the molecule is COC1=CC(N2CCN(C(=O)CNc3nc(C)ccc3C(=N)N)CC2)=CCC=C1Cl. The van der Waals surface area contributed by atoms with Gasteiger partial charge in [0.15, 0.2) is 0 Å². The average molecular weight is 431 g/mol. The predicted molar refractivity (Wildman–Crippen MR) is 118 cm³/mol. The van der Waals surface area contributed by atoms with Gasteiger partial charge in [-0.05, 0) is 25.5 Å². The molecule has 0 atom stereocenters. The number of hydrogen-bond donors (Lipinski definition) is 3. The van der Waals surface area contributed by atoms with Gasteiger partial charge in [0, 0.05) is 43.6 Å². The van der Waals surface area contributed by atoms with Gasteiger partial charge in [-0.15, -0.1) is 0 Å². The third-order valence-corrected chi connectivity index (χ3v) is 5.43. The van der Waals surface area contributed by atoms with Crippen LogP contribution in [0, 0.1) is 12.3 Å². The lowest BCUT2D eigenvalue weighted by Crippen LogP contribution is -2.49. The molecule has 2 aliphatic rings. The lowest BCUT2D eigenvalue weighted by Gasteiger charge is -2.36. The van der Waals surface area contributed by atoms with Gasteiger partial charge in [0.1, 0.15) is 17.4 Å². The molecule has 1 amide bonds. The highest BCUT2D eigenvalue weighted by molar-refractivity contribution is 6.31. The van der Waals surface area contributed by atoms with Crippen molar-refractivity contribution in [2.45, 2.75) is 13.3 Å². The first kappa shape index (κ1) is 21.7. The molecule has 0 bridgehead atoms. The highest BCUT2D eigenvalue weighted by Crippen LogP contribution is 2.24. The van der Waals surface area contributed by atoms with Crippen molar-refractivity contribution >= 4 is 29.2 Å². The second-order valence-electron chi connectivity index (χ2n) is 7.11. The molecule has 4 N–H and O–H groups in total. The highest BCUT2D eigenvalue weighted by Gasteiger charge is 2.23. The van der Waals surface area contributed by atoms with E-state index in [0.717, 1.165) is 30.9 Å². The van der Waals surface area contributed by atoms with E-state index in [4.69, 9.17) is 27.5 Å². The van der Waals surface area contributed by atoms with Crippen LogP contribution in [0.15, 0.2) is 46.8 Å². The summed E-state index contributed by atoms with van der Waals surface area (Å²) in [5, 5.41) is 11.3. The van der Waals surface area contributed by atoms with Crippen LogP contribution in [0.4, 0.5) is 5.82 Å². The molecule has 160 valence electrons. The van der Waals surface area contributed by atoms with Crippen LogP contribution < -0.4 is 11.1 Å². The van der Waals surface area contributed by atoms with Gasteiger partial charge in [-0.1, -0.05) is 23.8 Å². The molecule has 2 heterocycles. The monoisotopic (exact) mass is 430 g/mol. The van der Waals surface area contributed by atoms with Crippen molar-refractivity contribution in [2.75, 3.05) is 45.2 Å². The Hall–Kier alpha value is -3.00. The fourth-order valence-electron chi connectivity index (χ4n) is 3.42. The van der Waals surface area contributed by atoms with Crippen LogP contribution in [0.1, 0.15) is 17.7 Å². The summed E-state index contributed by atoms with van der Waals surface area (Å²) in [6, 6.07) is 3.52. The molecule has 1 aliphatic heterocycles. The van der Waals surface area contributed by atoms with Gasteiger partial charge in [0.25, 0.3) is 0 Å². The summed E-state index contributed by atoms with van der Waals surface area (Å²) >= 11 is 6.21. The number of amides is 1. The number of rotatable bonds is 6. The Kier molecular flexibility index (Phi) is 6.99. The summed E-state index contributed by atoms with van der Waals surface area (Å²) in [6.07, 6.45) is 6.71. The molecular formula is C21H27ClN6O2. The molecule has 3 rings (SSSR count). The number of nitrogens with zero attached hydrogens (tertiary/aromatic N) is 3. The number of nitrogens with one attached hydrogen (secondary N) is 2. The number of pyridine rings is 1. The molecule has 1 aromatic heterocycles. The van der Waals surface area contributed by atoms with Crippen LogP contribution in [0.2, 0.25) is 0 Å². The summed E-state index contributed by atoms with van der Waals surface area (Å²) in [5.41, 5.74) is 7.95. The van der Waals surface area contributed by atoms with Gasteiger partial charge < -0.3 is 25.6 Å². The zero-order valence-electron chi connectivity index (χ0n) is 17.2. The molecule has 1 fully saturated rings. The van der Waals surface area contributed by atoms with Crippen LogP contribution >= 0.6 is 11.6 Å². The van der Waals surface area contributed by atoms with E-state index in [-0.39, 0.29) is 18.3 Å². The minimum Gasteiger partial charge on any atom is -0.495 e. The van der Waals surface area contributed by atoms with E-state index < -0.39 is 0 Å². The summed E-state index contributed by atoms with van der Waals surface area (Å²) in [7, 11) is 1.61. The first-order chi connectivity index (χ1) is 14.4. The van der Waals surface area contributed by atoms with E-state index in [1.165, 1.54) is 0 Å². The smallest absolute Gasteiger partial charge is 0.242 e. The lowest BCUT2D eigenvalue weighted by atomic mass is 10.2. The number of ether oxygens (including phenoxy) is 1. The van der Waals surface area contributed by atoms with Gasteiger partial charge in [-0.25, -0.2) is 4.98 Å². The molecule has 0 saturated carbocycles. The maximum absolute atomic E-state index is 12.7. The Morgan fingerprint density at radius 3 is 2.70 bits per heavy atom. The van der Waals surface area contributed by atoms with Gasteiger partial charge >= 0.3 is 0 Å². The van der Waals surface area contributed by atoms with Crippen LogP contribution in [0.5, 0.6) is 0 Å². The minimum atomic E-state index is -0.0826.